The van der Waals surface area contributed by atoms with Gasteiger partial charge in [-0.3, -0.25) is 0 Å². The van der Waals surface area contributed by atoms with Crippen molar-refractivity contribution < 1.29 is 5.11 Å². The molecule has 2 heterocycles. The number of aliphatic hydroxyl groups is 1. The zero-order valence-electron chi connectivity index (χ0n) is 11.1. The van der Waals surface area contributed by atoms with Crippen LogP contribution >= 0.6 is 0 Å². The third-order valence-corrected chi connectivity index (χ3v) is 3.62. The second-order valence-electron chi connectivity index (χ2n) is 5.06. The largest absolute Gasteiger partial charge is 0.394 e. The van der Waals surface area contributed by atoms with Crippen molar-refractivity contribution in [2.75, 3.05) is 18.1 Å². The van der Waals surface area contributed by atoms with Crippen LogP contribution in [0.2, 0.25) is 0 Å². The highest BCUT2D eigenvalue weighted by Gasteiger charge is 2.21. The van der Waals surface area contributed by atoms with Gasteiger partial charge in [0.15, 0.2) is 0 Å². The van der Waals surface area contributed by atoms with E-state index in [9.17, 15) is 5.11 Å². The number of anilines is 1. The first-order valence-corrected chi connectivity index (χ1v) is 6.79. The summed E-state index contributed by atoms with van der Waals surface area (Å²) in [4.78, 5) is 6.85. The number of rotatable bonds is 3. The lowest BCUT2D eigenvalue weighted by Gasteiger charge is -2.30. The molecule has 1 aromatic rings. The second-order valence-corrected chi connectivity index (χ2v) is 5.06. The van der Waals surface area contributed by atoms with Crippen LogP contribution in [0.3, 0.4) is 0 Å². The van der Waals surface area contributed by atoms with Crippen LogP contribution in [0.5, 0.6) is 0 Å². The first-order valence-electron chi connectivity index (χ1n) is 6.79. The number of nitrogens with zero attached hydrogens (tertiary/aromatic N) is 2. The summed E-state index contributed by atoms with van der Waals surface area (Å²) in [7, 11) is 0. The average Bonchev–Trinajstić information content (AvgIpc) is 2.62. The molecule has 0 aromatic carbocycles. The van der Waals surface area contributed by atoms with Gasteiger partial charge in [-0.25, -0.2) is 4.98 Å². The van der Waals surface area contributed by atoms with Crippen molar-refractivity contribution in [1.29, 1.82) is 0 Å². The van der Waals surface area contributed by atoms with Gasteiger partial charge in [-0.15, -0.1) is 0 Å². The van der Waals surface area contributed by atoms with Gasteiger partial charge in [-0.05, 0) is 37.5 Å². The highest BCUT2D eigenvalue weighted by molar-refractivity contribution is 5.44. The van der Waals surface area contributed by atoms with E-state index >= 15 is 0 Å². The third-order valence-electron chi connectivity index (χ3n) is 3.62. The highest BCUT2D eigenvalue weighted by atomic mass is 16.3. The molecular weight excluding hydrogens is 226 g/mol. The molecule has 0 spiro atoms. The van der Waals surface area contributed by atoms with E-state index < -0.39 is 0 Å². The fourth-order valence-electron chi connectivity index (χ4n) is 2.65. The molecule has 0 radical (unpaired) electrons. The Balaban J connectivity index is 2.29. The number of aryl methyl sites for hydroxylation is 1. The van der Waals surface area contributed by atoms with Crippen LogP contribution in [-0.4, -0.2) is 29.3 Å². The van der Waals surface area contributed by atoms with Gasteiger partial charge in [0.2, 0.25) is 0 Å². The topological polar surface area (TPSA) is 62.4 Å². The maximum Gasteiger partial charge on any atom is 0.129 e. The number of nitrogens with two attached hydrogens (primary N) is 1. The predicted molar refractivity (Wildman–Crippen MR) is 73.6 cm³/mol. The summed E-state index contributed by atoms with van der Waals surface area (Å²) in [6.45, 7) is 3.71. The van der Waals surface area contributed by atoms with Gasteiger partial charge in [0.1, 0.15) is 5.82 Å². The molecule has 0 bridgehead atoms. The Morgan fingerprint density at radius 2 is 2.22 bits per heavy atom. The lowest BCUT2D eigenvalue weighted by atomic mass is 10.1. The Morgan fingerprint density at radius 3 is 2.94 bits per heavy atom. The molecule has 1 aliphatic heterocycles. The summed E-state index contributed by atoms with van der Waals surface area (Å²) < 4.78 is 0. The number of aliphatic hydroxyl groups excluding tert-OH is 1. The van der Waals surface area contributed by atoms with Gasteiger partial charge in [-0.2, -0.15) is 0 Å². The minimum atomic E-state index is 0.201. The van der Waals surface area contributed by atoms with E-state index in [1.165, 1.54) is 19.3 Å². The van der Waals surface area contributed by atoms with Gasteiger partial charge in [-0.1, -0.05) is 12.8 Å². The third kappa shape index (κ3) is 3.00. The Labute approximate surface area is 109 Å². The van der Waals surface area contributed by atoms with E-state index in [1.54, 1.807) is 0 Å². The van der Waals surface area contributed by atoms with Gasteiger partial charge in [0.25, 0.3) is 0 Å². The van der Waals surface area contributed by atoms with E-state index in [4.69, 9.17) is 5.73 Å². The predicted octanol–water partition coefficient (Wildman–Crippen LogP) is 1.59. The molecule has 1 aromatic heterocycles. The van der Waals surface area contributed by atoms with Crippen LogP contribution < -0.4 is 10.6 Å². The van der Waals surface area contributed by atoms with Gasteiger partial charge >= 0.3 is 0 Å². The SMILES string of the molecule is Cc1cc(CN)cc(N2CCCCCC2CO)n1. The average molecular weight is 249 g/mol. The number of aromatic nitrogens is 1. The molecule has 1 fully saturated rings. The molecule has 0 aliphatic carbocycles. The molecule has 1 atom stereocenters. The number of hydrogen-bond acceptors (Lipinski definition) is 4. The van der Waals surface area contributed by atoms with Crippen LogP contribution in [0.15, 0.2) is 12.1 Å². The van der Waals surface area contributed by atoms with E-state index in [1.807, 2.05) is 13.0 Å². The van der Waals surface area contributed by atoms with Gasteiger partial charge < -0.3 is 15.7 Å². The summed E-state index contributed by atoms with van der Waals surface area (Å²) in [6.07, 6.45) is 4.65. The van der Waals surface area contributed by atoms with Crippen LogP contribution in [0.4, 0.5) is 5.82 Å². The Kier molecular flexibility index (Phi) is 4.55. The van der Waals surface area contributed by atoms with E-state index in [-0.39, 0.29) is 12.6 Å². The molecule has 100 valence electrons. The molecule has 1 aliphatic rings. The molecule has 2 rings (SSSR count). The van der Waals surface area contributed by atoms with Crippen LogP contribution in [0, 0.1) is 6.92 Å². The standard InChI is InChI=1S/C14H23N3O/c1-11-7-12(9-15)8-14(16-11)17-6-4-2-3-5-13(17)10-18/h7-8,13,18H,2-6,9-10,15H2,1H3. The molecular formula is C14H23N3O. The van der Waals surface area contributed by atoms with Crippen molar-refractivity contribution in [3.63, 3.8) is 0 Å². The van der Waals surface area contributed by atoms with Crippen molar-refractivity contribution in [2.24, 2.45) is 5.73 Å². The van der Waals surface area contributed by atoms with Crippen molar-refractivity contribution in [3.05, 3.63) is 23.4 Å². The molecule has 1 unspecified atom stereocenters. The van der Waals surface area contributed by atoms with Gasteiger partial charge in [0, 0.05) is 18.8 Å². The fourth-order valence-corrected chi connectivity index (χ4v) is 2.65. The van der Waals surface area contributed by atoms with E-state index in [2.05, 4.69) is 16.0 Å². The quantitative estimate of drug-likeness (QED) is 0.854. The smallest absolute Gasteiger partial charge is 0.129 e. The first kappa shape index (κ1) is 13.3. The van der Waals surface area contributed by atoms with Gasteiger partial charge in [0.05, 0.1) is 12.6 Å². The van der Waals surface area contributed by atoms with E-state index in [0.29, 0.717) is 6.54 Å². The maximum atomic E-state index is 9.55. The highest BCUT2D eigenvalue weighted by Crippen LogP contribution is 2.23. The first-order chi connectivity index (χ1) is 8.74. The summed E-state index contributed by atoms with van der Waals surface area (Å²) in [5.74, 6) is 0.969. The number of hydrogen-bond donors (Lipinski definition) is 2. The molecule has 4 heteroatoms. The Hall–Kier alpha value is -1.13. The Bertz CT molecular complexity index is 395. The zero-order valence-corrected chi connectivity index (χ0v) is 11.1. The lowest BCUT2D eigenvalue weighted by molar-refractivity contribution is 0.254. The van der Waals surface area contributed by atoms with Crippen molar-refractivity contribution in [1.82, 2.24) is 4.98 Å². The minimum absolute atomic E-state index is 0.201. The van der Waals surface area contributed by atoms with Crippen molar-refractivity contribution in [3.8, 4) is 0 Å². The van der Waals surface area contributed by atoms with Crippen molar-refractivity contribution in [2.45, 2.75) is 45.2 Å². The summed E-state index contributed by atoms with van der Waals surface area (Å²) >= 11 is 0. The summed E-state index contributed by atoms with van der Waals surface area (Å²) in [5, 5.41) is 9.55. The normalized spacial score (nSPS) is 20.8. The van der Waals surface area contributed by atoms with Crippen LogP contribution in [0.1, 0.15) is 36.9 Å². The van der Waals surface area contributed by atoms with Crippen LogP contribution in [-0.2, 0) is 6.54 Å². The second kappa shape index (κ2) is 6.16. The fraction of sp³-hybridized carbons (Fsp3) is 0.643. The molecule has 4 nitrogen and oxygen atoms in total. The van der Waals surface area contributed by atoms with Crippen LogP contribution in [0.25, 0.3) is 0 Å². The molecule has 1 saturated heterocycles. The summed E-state index contributed by atoms with van der Waals surface area (Å²) in [5.41, 5.74) is 7.82. The molecule has 0 amide bonds. The molecule has 0 saturated carbocycles. The number of pyridine rings is 1. The summed E-state index contributed by atoms with van der Waals surface area (Å²) in [6, 6.07) is 4.28. The Morgan fingerprint density at radius 1 is 1.39 bits per heavy atom. The zero-order chi connectivity index (χ0) is 13.0. The minimum Gasteiger partial charge on any atom is -0.394 e. The monoisotopic (exact) mass is 249 g/mol. The molecule has 3 N–H and O–H groups in total. The van der Waals surface area contributed by atoms with Crippen molar-refractivity contribution >= 4 is 5.82 Å². The lowest BCUT2D eigenvalue weighted by Crippen LogP contribution is -2.38. The van der Waals surface area contributed by atoms with E-state index in [0.717, 1.165) is 30.0 Å². The maximum absolute atomic E-state index is 9.55. The molecule has 18 heavy (non-hydrogen) atoms.